The quantitative estimate of drug-likeness (QED) is 0.431. The first kappa shape index (κ1) is 22.3. The van der Waals surface area contributed by atoms with E-state index in [4.69, 9.17) is 9.72 Å². The minimum Gasteiger partial charge on any atom is -0.497 e. The highest BCUT2D eigenvalue weighted by atomic mass is 32.1. The second kappa shape index (κ2) is 9.06. The molecule has 0 radical (unpaired) electrons. The van der Waals surface area contributed by atoms with E-state index >= 15 is 0 Å². The molecular weight excluding hydrogens is 453 g/mol. The lowest BCUT2D eigenvalue weighted by Crippen LogP contribution is -2.40. The molecule has 2 aromatic carbocycles. The van der Waals surface area contributed by atoms with Crippen LogP contribution in [0.15, 0.2) is 42.5 Å². The Morgan fingerprint density at radius 1 is 1.21 bits per heavy atom. The fourth-order valence-corrected chi connectivity index (χ4v) is 5.35. The van der Waals surface area contributed by atoms with E-state index in [9.17, 15) is 9.18 Å². The van der Waals surface area contributed by atoms with E-state index in [0.29, 0.717) is 17.8 Å². The second-order valence-corrected chi connectivity index (χ2v) is 9.56. The minimum atomic E-state index is -0.307. The highest BCUT2D eigenvalue weighted by Gasteiger charge is 2.28. The smallest absolute Gasteiger partial charge is 0.229 e. The van der Waals surface area contributed by atoms with Crippen LogP contribution in [-0.4, -0.2) is 40.9 Å². The molecule has 1 atom stereocenters. The summed E-state index contributed by atoms with van der Waals surface area (Å²) in [5, 5.41) is 8.55. The van der Waals surface area contributed by atoms with Gasteiger partial charge in [0, 0.05) is 18.8 Å². The number of benzene rings is 2. The zero-order valence-corrected chi connectivity index (χ0v) is 20.2. The molecule has 1 aliphatic rings. The zero-order valence-electron chi connectivity index (χ0n) is 19.3. The van der Waals surface area contributed by atoms with Crippen LogP contribution in [0.3, 0.4) is 0 Å². The van der Waals surface area contributed by atoms with Crippen molar-refractivity contribution in [1.82, 2.24) is 14.8 Å². The number of amides is 1. The van der Waals surface area contributed by atoms with Crippen molar-refractivity contribution in [3.05, 3.63) is 59.5 Å². The molecule has 4 aromatic rings. The highest BCUT2D eigenvalue weighted by molar-refractivity contribution is 7.22. The van der Waals surface area contributed by atoms with Crippen molar-refractivity contribution in [2.75, 3.05) is 30.4 Å². The number of nitrogens with zero attached hydrogens (tertiary/aromatic N) is 4. The van der Waals surface area contributed by atoms with Crippen molar-refractivity contribution in [2.45, 2.75) is 26.7 Å². The average molecular weight is 480 g/mol. The fraction of sp³-hybridized carbons (Fsp3) is 0.320. The molecule has 1 N–H and O–H groups in total. The van der Waals surface area contributed by atoms with Crippen LogP contribution in [0.25, 0.3) is 16.0 Å². The predicted octanol–water partition coefficient (Wildman–Crippen LogP) is 5.10. The maximum Gasteiger partial charge on any atom is 0.229 e. The summed E-state index contributed by atoms with van der Waals surface area (Å²) >= 11 is 1.61. The van der Waals surface area contributed by atoms with Crippen LogP contribution in [0, 0.1) is 25.6 Å². The number of hydrogen-bond acceptors (Lipinski definition) is 6. The molecule has 1 aliphatic heterocycles. The third-order valence-electron chi connectivity index (χ3n) is 6.20. The molecule has 34 heavy (non-hydrogen) atoms. The first-order chi connectivity index (χ1) is 16.4. The molecule has 2 aromatic heterocycles. The number of nitrogens with one attached hydrogen (secondary N) is 1. The SMILES string of the molecule is COc1ccc(-n2nc(C)c3sc(N4CCCC(C(=O)Nc5ccc(F)cc5C)C4)nc32)cc1. The maximum atomic E-state index is 13.4. The summed E-state index contributed by atoms with van der Waals surface area (Å²) in [7, 11) is 1.64. The van der Waals surface area contributed by atoms with E-state index < -0.39 is 0 Å². The van der Waals surface area contributed by atoms with Gasteiger partial charge in [0.15, 0.2) is 10.8 Å². The van der Waals surface area contributed by atoms with Gasteiger partial charge in [0.2, 0.25) is 5.91 Å². The third kappa shape index (κ3) is 4.23. The Morgan fingerprint density at radius 2 is 2.00 bits per heavy atom. The molecule has 1 saturated heterocycles. The molecule has 3 heterocycles. The van der Waals surface area contributed by atoms with Crippen LogP contribution in [0.2, 0.25) is 0 Å². The summed E-state index contributed by atoms with van der Waals surface area (Å²) in [6.07, 6.45) is 1.71. The molecule has 1 unspecified atom stereocenters. The number of hydrogen-bond donors (Lipinski definition) is 1. The zero-order chi connectivity index (χ0) is 23.8. The second-order valence-electron chi connectivity index (χ2n) is 8.58. The van der Waals surface area contributed by atoms with Crippen molar-refractivity contribution >= 4 is 38.4 Å². The summed E-state index contributed by atoms with van der Waals surface area (Å²) in [5.74, 6) is 0.278. The van der Waals surface area contributed by atoms with E-state index in [-0.39, 0.29) is 17.6 Å². The largest absolute Gasteiger partial charge is 0.497 e. The average Bonchev–Trinajstić information content (AvgIpc) is 3.41. The van der Waals surface area contributed by atoms with E-state index in [2.05, 4.69) is 15.3 Å². The normalized spacial score (nSPS) is 16.1. The minimum absolute atomic E-state index is 0.0406. The Hall–Kier alpha value is -3.46. The van der Waals surface area contributed by atoms with Gasteiger partial charge >= 0.3 is 0 Å². The molecular formula is C25H26FN5O2S. The number of thiazole rings is 1. The van der Waals surface area contributed by atoms with Gasteiger partial charge in [0.25, 0.3) is 0 Å². The summed E-state index contributed by atoms with van der Waals surface area (Å²) in [5.41, 5.74) is 4.02. The van der Waals surface area contributed by atoms with Gasteiger partial charge in [0.05, 0.1) is 29.1 Å². The molecule has 1 amide bonds. The number of halogens is 1. The molecule has 0 saturated carbocycles. The molecule has 0 spiro atoms. The van der Waals surface area contributed by atoms with Crippen molar-refractivity contribution < 1.29 is 13.9 Å². The number of rotatable bonds is 5. The molecule has 5 rings (SSSR count). The van der Waals surface area contributed by atoms with Crippen LogP contribution >= 0.6 is 11.3 Å². The lowest BCUT2D eigenvalue weighted by atomic mass is 9.97. The van der Waals surface area contributed by atoms with Gasteiger partial charge in [-0.05, 0) is 74.7 Å². The Kier molecular flexibility index (Phi) is 5.95. The van der Waals surface area contributed by atoms with Gasteiger partial charge in [-0.2, -0.15) is 10.1 Å². The van der Waals surface area contributed by atoms with Crippen LogP contribution < -0.4 is 15.0 Å². The monoisotopic (exact) mass is 479 g/mol. The number of ether oxygens (including phenoxy) is 1. The number of aromatic nitrogens is 3. The Labute approximate surface area is 201 Å². The number of anilines is 2. The van der Waals surface area contributed by atoms with Crippen molar-refractivity contribution in [1.29, 1.82) is 0 Å². The van der Waals surface area contributed by atoms with Crippen molar-refractivity contribution in [3.63, 3.8) is 0 Å². The van der Waals surface area contributed by atoms with Crippen molar-refractivity contribution in [2.24, 2.45) is 5.92 Å². The Balaban J connectivity index is 1.36. The summed E-state index contributed by atoms with van der Waals surface area (Å²) in [4.78, 5) is 20.1. The lowest BCUT2D eigenvalue weighted by molar-refractivity contribution is -0.120. The first-order valence-corrected chi connectivity index (χ1v) is 12.1. The number of methoxy groups -OCH3 is 1. The van der Waals surface area contributed by atoms with Crippen LogP contribution in [0.5, 0.6) is 5.75 Å². The molecule has 9 heteroatoms. The van der Waals surface area contributed by atoms with E-state index in [1.54, 1.807) is 31.4 Å². The van der Waals surface area contributed by atoms with Gasteiger partial charge in [0.1, 0.15) is 11.6 Å². The highest BCUT2D eigenvalue weighted by Crippen LogP contribution is 2.35. The number of piperidine rings is 1. The van der Waals surface area contributed by atoms with Crippen LogP contribution in [0.1, 0.15) is 24.1 Å². The standard InChI is InChI=1S/C25H26FN5O2S/c1-15-13-18(26)6-11-21(15)27-24(32)17-5-4-12-30(14-17)25-28-23-22(34-25)16(2)29-31(23)19-7-9-20(33-3)10-8-19/h6-11,13,17H,4-5,12,14H2,1-3H3,(H,27,32). The third-order valence-corrected chi connectivity index (χ3v) is 7.42. The number of aryl methyl sites for hydroxylation is 2. The molecule has 0 aliphatic carbocycles. The lowest BCUT2D eigenvalue weighted by Gasteiger charge is -2.31. The van der Waals surface area contributed by atoms with Gasteiger partial charge < -0.3 is 15.0 Å². The Bertz CT molecular complexity index is 1350. The van der Waals surface area contributed by atoms with Crippen molar-refractivity contribution in [3.8, 4) is 11.4 Å². The molecule has 0 bridgehead atoms. The maximum absolute atomic E-state index is 13.4. The van der Waals surface area contributed by atoms with E-state index in [1.165, 1.54) is 12.1 Å². The molecule has 1 fully saturated rings. The molecule has 7 nitrogen and oxygen atoms in total. The molecule has 176 valence electrons. The predicted molar refractivity (Wildman–Crippen MR) is 133 cm³/mol. The number of carbonyl (C=O) groups is 1. The number of fused-ring (bicyclic) bond motifs is 1. The van der Waals surface area contributed by atoms with E-state index in [1.807, 2.05) is 35.9 Å². The van der Waals surface area contributed by atoms with Gasteiger partial charge in [-0.15, -0.1) is 0 Å². The van der Waals surface area contributed by atoms with E-state index in [0.717, 1.165) is 52.0 Å². The first-order valence-electron chi connectivity index (χ1n) is 11.3. The van der Waals surface area contributed by atoms with Crippen LogP contribution in [-0.2, 0) is 4.79 Å². The Morgan fingerprint density at radius 3 is 2.74 bits per heavy atom. The van der Waals surface area contributed by atoms with Gasteiger partial charge in [-0.25, -0.2) is 9.07 Å². The fourth-order valence-electron chi connectivity index (χ4n) is 4.33. The van der Waals surface area contributed by atoms with Crippen LogP contribution in [0.4, 0.5) is 15.2 Å². The van der Waals surface area contributed by atoms with Gasteiger partial charge in [-0.3, -0.25) is 4.79 Å². The summed E-state index contributed by atoms with van der Waals surface area (Å²) in [6, 6.07) is 12.1. The summed E-state index contributed by atoms with van der Waals surface area (Å²) in [6.45, 7) is 5.23. The summed E-state index contributed by atoms with van der Waals surface area (Å²) < 4.78 is 21.6. The topological polar surface area (TPSA) is 72.3 Å². The van der Waals surface area contributed by atoms with Gasteiger partial charge in [-0.1, -0.05) is 11.3 Å². The number of carbonyl (C=O) groups excluding carboxylic acids is 1.